The Bertz CT molecular complexity index is 424. The average molecular weight is 283 g/mol. The van der Waals surface area contributed by atoms with E-state index in [0.717, 1.165) is 10.5 Å². The molecule has 0 heterocycles. The minimum Gasteiger partial charge on any atom is -0.488 e. The van der Waals surface area contributed by atoms with Gasteiger partial charge in [-0.1, -0.05) is 24.8 Å². The van der Waals surface area contributed by atoms with Gasteiger partial charge in [0.05, 0.1) is 4.47 Å². The van der Waals surface area contributed by atoms with Gasteiger partial charge in [0.15, 0.2) is 0 Å². The van der Waals surface area contributed by atoms with Crippen LogP contribution in [0.25, 0.3) is 6.08 Å². The third kappa shape index (κ3) is 3.55. The second-order valence-corrected chi connectivity index (χ2v) is 3.78. The number of hydrogen-bond acceptors (Lipinski definition) is 2. The highest BCUT2D eigenvalue weighted by molar-refractivity contribution is 9.10. The summed E-state index contributed by atoms with van der Waals surface area (Å²) >= 11 is 3.34. The number of rotatable bonds is 5. The topological polar surface area (TPSA) is 46.5 Å². The van der Waals surface area contributed by atoms with E-state index in [4.69, 9.17) is 9.84 Å². The lowest BCUT2D eigenvalue weighted by atomic mass is 10.2. The molecular formula is C12H11BrO3. The third-order valence-corrected chi connectivity index (χ3v) is 2.37. The number of ether oxygens (including phenoxy) is 1. The SMILES string of the molecule is C=CCOc1c(Br)cccc1/C=C/C(=O)O. The number of benzene rings is 1. The minimum absolute atomic E-state index is 0.372. The fraction of sp³-hybridized carbons (Fsp3) is 0.0833. The van der Waals surface area contributed by atoms with Crippen molar-refractivity contribution in [3.05, 3.63) is 47.0 Å². The van der Waals surface area contributed by atoms with Gasteiger partial charge in [-0.3, -0.25) is 0 Å². The first kappa shape index (κ1) is 12.5. The van der Waals surface area contributed by atoms with Crippen molar-refractivity contribution in [2.24, 2.45) is 0 Å². The lowest BCUT2D eigenvalue weighted by Gasteiger charge is -2.09. The molecule has 0 aromatic heterocycles. The molecule has 0 atom stereocenters. The molecule has 1 aromatic carbocycles. The summed E-state index contributed by atoms with van der Waals surface area (Å²) < 4.78 is 6.22. The summed E-state index contributed by atoms with van der Waals surface area (Å²) in [5.41, 5.74) is 0.707. The van der Waals surface area contributed by atoms with Gasteiger partial charge in [0.25, 0.3) is 0 Å². The molecule has 1 aromatic rings. The summed E-state index contributed by atoms with van der Waals surface area (Å²) in [6.45, 7) is 3.93. The summed E-state index contributed by atoms with van der Waals surface area (Å²) in [7, 11) is 0. The zero-order chi connectivity index (χ0) is 12.0. The van der Waals surface area contributed by atoms with E-state index >= 15 is 0 Å². The van der Waals surface area contributed by atoms with Crippen molar-refractivity contribution >= 4 is 28.0 Å². The summed E-state index contributed by atoms with van der Waals surface area (Å²) in [5, 5.41) is 8.56. The molecule has 0 amide bonds. The standard InChI is InChI=1S/C12H11BrO3/c1-2-8-16-12-9(6-7-11(14)15)4-3-5-10(12)13/h2-7H,1,8H2,(H,14,15)/b7-6+. The smallest absolute Gasteiger partial charge is 0.328 e. The highest BCUT2D eigenvalue weighted by Crippen LogP contribution is 2.29. The molecule has 0 bridgehead atoms. The first-order chi connectivity index (χ1) is 7.65. The third-order valence-electron chi connectivity index (χ3n) is 1.75. The zero-order valence-electron chi connectivity index (χ0n) is 8.52. The van der Waals surface area contributed by atoms with E-state index in [0.29, 0.717) is 17.9 Å². The number of aliphatic carboxylic acids is 1. The van der Waals surface area contributed by atoms with Gasteiger partial charge >= 0.3 is 5.97 Å². The van der Waals surface area contributed by atoms with E-state index in [1.165, 1.54) is 6.08 Å². The molecule has 0 unspecified atom stereocenters. The lowest BCUT2D eigenvalue weighted by molar-refractivity contribution is -0.131. The fourth-order valence-corrected chi connectivity index (χ4v) is 1.61. The number of carbonyl (C=O) groups is 1. The van der Waals surface area contributed by atoms with Gasteiger partial charge in [-0.05, 0) is 28.1 Å². The van der Waals surface area contributed by atoms with Crippen LogP contribution in [0.15, 0.2) is 41.4 Å². The predicted molar refractivity (Wildman–Crippen MR) is 66.5 cm³/mol. The molecule has 84 valence electrons. The Morgan fingerprint density at radius 2 is 2.31 bits per heavy atom. The first-order valence-electron chi connectivity index (χ1n) is 4.58. The number of carboxylic acids is 1. The molecule has 0 aliphatic carbocycles. The molecule has 1 N–H and O–H groups in total. The molecule has 0 spiro atoms. The van der Waals surface area contributed by atoms with Crippen molar-refractivity contribution in [3.63, 3.8) is 0 Å². The van der Waals surface area contributed by atoms with Crippen molar-refractivity contribution < 1.29 is 14.6 Å². The van der Waals surface area contributed by atoms with E-state index in [1.807, 2.05) is 12.1 Å². The summed E-state index contributed by atoms with van der Waals surface area (Å²) in [6, 6.07) is 5.42. The molecular weight excluding hydrogens is 272 g/mol. The largest absolute Gasteiger partial charge is 0.488 e. The molecule has 3 nitrogen and oxygen atoms in total. The van der Waals surface area contributed by atoms with Crippen LogP contribution in [0.2, 0.25) is 0 Å². The van der Waals surface area contributed by atoms with E-state index in [1.54, 1.807) is 12.1 Å². The van der Waals surface area contributed by atoms with Gasteiger partial charge in [0, 0.05) is 11.6 Å². The molecule has 0 aliphatic rings. The van der Waals surface area contributed by atoms with Gasteiger partial charge in [-0.15, -0.1) is 0 Å². The van der Waals surface area contributed by atoms with Crippen molar-refractivity contribution in [1.82, 2.24) is 0 Å². The van der Waals surface area contributed by atoms with Crippen LogP contribution in [0, 0.1) is 0 Å². The maximum absolute atomic E-state index is 10.4. The van der Waals surface area contributed by atoms with Crippen molar-refractivity contribution in [3.8, 4) is 5.75 Å². The van der Waals surface area contributed by atoms with Crippen LogP contribution < -0.4 is 4.74 Å². The fourth-order valence-electron chi connectivity index (χ4n) is 1.11. The Balaban J connectivity index is 3.02. The Morgan fingerprint density at radius 3 is 2.94 bits per heavy atom. The number of carboxylic acid groups (broad SMARTS) is 1. The average Bonchev–Trinajstić information content (AvgIpc) is 2.25. The Morgan fingerprint density at radius 1 is 1.56 bits per heavy atom. The van der Waals surface area contributed by atoms with Crippen LogP contribution in [0.4, 0.5) is 0 Å². The second kappa shape index (κ2) is 6.12. The van der Waals surface area contributed by atoms with Crippen molar-refractivity contribution in [2.75, 3.05) is 6.61 Å². The first-order valence-corrected chi connectivity index (χ1v) is 5.37. The van der Waals surface area contributed by atoms with E-state index < -0.39 is 5.97 Å². The number of para-hydroxylation sites is 1. The monoisotopic (exact) mass is 282 g/mol. The highest BCUT2D eigenvalue weighted by atomic mass is 79.9. The van der Waals surface area contributed by atoms with Gasteiger partial charge in [0.2, 0.25) is 0 Å². The second-order valence-electron chi connectivity index (χ2n) is 2.93. The van der Waals surface area contributed by atoms with Crippen molar-refractivity contribution in [1.29, 1.82) is 0 Å². The maximum atomic E-state index is 10.4. The highest BCUT2D eigenvalue weighted by Gasteiger charge is 2.05. The molecule has 0 saturated carbocycles. The van der Waals surface area contributed by atoms with Crippen LogP contribution in [-0.4, -0.2) is 17.7 Å². The molecule has 16 heavy (non-hydrogen) atoms. The predicted octanol–water partition coefficient (Wildman–Crippen LogP) is 3.11. The van der Waals surface area contributed by atoms with Crippen LogP contribution in [-0.2, 0) is 4.79 Å². The number of hydrogen-bond donors (Lipinski definition) is 1. The molecule has 0 aliphatic heterocycles. The molecule has 0 radical (unpaired) electrons. The normalized spacial score (nSPS) is 10.3. The molecule has 0 fully saturated rings. The number of halogens is 1. The minimum atomic E-state index is -0.991. The van der Waals surface area contributed by atoms with Crippen LogP contribution >= 0.6 is 15.9 Å². The lowest BCUT2D eigenvalue weighted by Crippen LogP contribution is -1.96. The van der Waals surface area contributed by atoms with Gasteiger partial charge < -0.3 is 9.84 Å². The molecule has 1 rings (SSSR count). The Hall–Kier alpha value is -1.55. The van der Waals surface area contributed by atoms with E-state index in [9.17, 15) is 4.79 Å². The van der Waals surface area contributed by atoms with Gasteiger partial charge in [-0.25, -0.2) is 4.79 Å². The van der Waals surface area contributed by atoms with Crippen LogP contribution in [0.1, 0.15) is 5.56 Å². The van der Waals surface area contributed by atoms with E-state index in [2.05, 4.69) is 22.5 Å². The Kier molecular flexibility index (Phi) is 4.79. The van der Waals surface area contributed by atoms with Crippen molar-refractivity contribution in [2.45, 2.75) is 0 Å². The summed E-state index contributed by atoms with van der Waals surface area (Å²) in [4.78, 5) is 10.4. The van der Waals surface area contributed by atoms with Gasteiger partial charge in [0.1, 0.15) is 12.4 Å². The maximum Gasteiger partial charge on any atom is 0.328 e. The molecule has 4 heteroatoms. The van der Waals surface area contributed by atoms with Gasteiger partial charge in [-0.2, -0.15) is 0 Å². The summed E-state index contributed by atoms with van der Waals surface area (Å²) in [5.74, 6) is -0.380. The molecule has 0 saturated heterocycles. The zero-order valence-corrected chi connectivity index (χ0v) is 10.1. The van der Waals surface area contributed by atoms with Crippen LogP contribution in [0.5, 0.6) is 5.75 Å². The summed E-state index contributed by atoms with van der Waals surface area (Å²) in [6.07, 6.45) is 4.19. The quantitative estimate of drug-likeness (QED) is 0.667. The Labute approximate surface area is 102 Å². The van der Waals surface area contributed by atoms with E-state index in [-0.39, 0.29) is 0 Å². The van der Waals surface area contributed by atoms with Crippen LogP contribution in [0.3, 0.4) is 0 Å².